The van der Waals surface area contributed by atoms with Crippen LogP contribution in [-0.2, 0) is 15.6 Å². The smallest absolute Gasteiger partial charge is 0.165 e. The Hall–Kier alpha value is -1.00. The van der Waals surface area contributed by atoms with Crippen LogP contribution in [0.4, 0.5) is 0 Å². The molecular weight excluding hydrogens is 344 g/mol. The first-order chi connectivity index (χ1) is 12.0. The number of aromatic hydroxyl groups is 1. The zero-order valence-corrected chi connectivity index (χ0v) is 18.0. The first kappa shape index (κ1) is 21.3. The molecule has 0 bridgehead atoms. The standard InChI is InChI=1S/C22H34O3S/c1-21(2,3)17-13-15(14-18(20(17)24)22(4,5)6)19(23)7-10-25-16-8-11-26-12-9-16/h13-14,16,24H,7-12H2,1-6H3. The van der Waals surface area contributed by atoms with Crippen molar-refractivity contribution in [1.29, 1.82) is 0 Å². The third-order valence-corrected chi connectivity index (χ3v) is 5.95. The van der Waals surface area contributed by atoms with Crippen molar-refractivity contribution in [2.75, 3.05) is 18.1 Å². The summed E-state index contributed by atoms with van der Waals surface area (Å²) in [5, 5.41) is 10.8. The molecule has 0 spiro atoms. The molecule has 2 rings (SSSR count). The zero-order chi connectivity index (χ0) is 19.5. The number of Topliss-reactive ketones (excluding diaryl/α,β-unsaturated/α-hetero) is 1. The van der Waals surface area contributed by atoms with E-state index in [0.717, 1.165) is 35.5 Å². The molecule has 0 aromatic heterocycles. The summed E-state index contributed by atoms with van der Waals surface area (Å²) in [7, 11) is 0. The molecule has 26 heavy (non-hydrogen) atoms. The fourth-order valence-corrected chi connectivity index (χ4v) is 4.31. The Morgan fingerprint density at radius 2 is 1.58 bits per heavy atom. The average Bonchev–Trinajstić information content (AvgIpc) is 2.53. The van der Waals surface area contributed by atoms with Crippen LogP contribution in [0.2, 0.25) is 0 Å². The summed E-state index contributed by atoms with van der Waals surface area (Å²) in [6.45, 7) is 12.9. The van der Waals surface area contributed by atoms with Gasteiger partial charge in [0.05, 0.1) is 12.7 Å². The first-order valence-corrected chi connectivity index (χ1v) is 10.8. The van der Waals surface area contributed by atoms with E-state index in [0.29, 0.717) is 30.4 Å². The lowest BCUT2D eigenvalue weighted by Gasteiger charge is -2.28. The third kappa shape index (κ3) is 5.50. The number of ketones is 1. The van der Waals surface area contributed by atoms with E-state index in [1.165, 1.54) is 0 Å². The van der Waals surface area contributed by atoms with Gasteiger partial charge in [-0.15, -0.1) is 0 Å². The van der Waals surface area contributed by atoms with Crippen molar-refractivity contribution in [2.45, 2.75) is 77.7 Å². The van der Waals surface area contributed by atoms with Gasteiger partial charge in [-0.2, -0.15) is 11.8 Å². The van der Waals surface area contributed by atoms with Crippen molar-refractivity contribution in [3.8, 4) is 5.75 Å². The molecule has 3 nitrogen and oxygen atoms in total. The molecule has 146 valence electrons. The topological polar surface area (TPSA) is 46.5 Å². The molecule has 0 saturated carbocycles. The molecule has 4 heteroatoms. The highest BCUT2D eigenvalue weighted by molar-refractivity contribution is 7.99. The van der Waals surface area contributed by atoms with Crippen LogP contribution >= 0.6 is 11.8 Å². The van der Waals surface area contributed by atoms with E-state index in [1.54, 1.807) is 0 Å². The summed E-state index contributed by atoms with van der Waals surface area (Å²) >= 11 is 1.97. The van der Waals surface area contributed by atoms with E-state index >= 15 is 0 Å². The van der Waals surface area contributed by atoms with Gasteiger partial charge < -0.3 is 9.84 Å². The number of rotatable bonds is 5. The van der Waals surface area contributed by atoms with Gasteiger partial charge in [0.15, 0.2) is 5.78 Å². The lowest BCUT2D eigenvalue weighted by molar-refractivity contribution is 0.0446. The number of benzene rings is 1. The van der Waals surface area contributed by atoms with E-state index in [4.69, 9.17) is 4.74 Å². The Bertz CT molecular complexity index is 597. The molecule has 0 unspecified atom stereocenters. The molecule has 0 aliphatic carbocycles. The van der Waals surface area contributed by atoms with Crippen LogP contribution in [0.5, 0.6) is 5.75 Å². The maximum Gasteiger partial charge on any atom is 0.165 e. The Kier molecular flexibility index (Phi) is 6.84. The number of hydrogen-bond acceptors (Lipinski definition) is 4. The Morgan fingerprint density at radius 1 is 1.08 bits per heavy atom. The fourth-order valence-electron chi connectivity index (χ4n) is 3.24. The van der Waals surface area contributed by atoms with Crippen LogP contribution in [0, 0.1) is 0 Å². The molecule has 1 aliphatic rings. The number of phenolic OH excluding ortho intramolecular Hbond substituents is 1. The van der Waals surface area contributed by atoms with Gasteiger partial charge in [-0.3, -0.25) is 4.79 Å². The minimum Gasteiger partial charge on any atom is -0.507 e. The van der Waals surface area contributed by atoms with Crippen LogP contribution in [0.15, 0.2) is 12.1 Å². The van der Waals surface area contributed by atoms with Crippen molar-refractivity contribution in [3.05, 3.63) is 28.8 Å². The van der Waals surface area contributed by atoms with Crippen molar-refractivity contribution >= 4 is 17.5 Å². The van der Waals surface area contributed by atoms with Gasteiger partial charge in [0.2, 0.25) is 0 Å². The van der Waals surface area contributed by atoms with Gasteiger partial charge >= 0.3 is 0 Å². The predicted octanol–water partition coefficient (Wildman–Crippen LogP) is 5.47. The number of carbonyl (C=O) groups is 1. The molecular formula is C22H34O3S. The molecule has 1 aliphatic heterocycles. The van der Waals surface area contributed by atoms with E-state index < -0.39 is 0 Å². The normalized spacial score (nSPS) is 16.7. The quantitative estimate of drug-likeness (QED) is 0.690. The molecule has 0 radical (unpaired) electrons. The van der Waals surface area contributed by atoms with Gasteiger partial charge in [0.1, 0.15) is 5.75 Å². The Labute approximate surface area is 162 Å². The van der Waals surface area contributed by atoms with Crippen LogP contribution in [-0.4, -0.2) is 35.1 Å². The maximum atomic E-state index is 12.8. The summed E-state index contributed by atoms with van der Waals surface area (Å²) in [6.07, 6.45) is 2.86. The number of ether oxygens (including phenoxy) is 1. The maximum absolute atomic E-state index is 12.8. The first-order valence-electron chi connectivity index (χ1n) is 9.60. The predicted molar refractivity (Wildman–Crippen MR) is 111 cm³/mol. The molecule has 0 amide bonds. The van der Waals surface area contributed by atoms with E-state index in [2.05, 4.69) is 41.5 Å². The molecule has 1 aromatic carbocycles. The van der Waals surface area contributed by atoms with Crippen LogP contribution < -0.4 is 0 Å². The summed E-state index contributed by atoms with van der Waals surface area (Å²) in [6, 6.07) is 3.73. The molecule has 0 atom stereocenters. The minimum absolute atomic E-state index is 0.0891. The molecule has 1 fully saturated rings. The van der Waals surface area contributed by atoms with Gasteiger partial charge in [-0.05, 0) is 47.3 Å². The second kappa shape index (κ2) is 8.35. The lowest BCUT2D eigenvalue weighted by atomic mass is 9.78. The van der Waals surface area contributed by atoms with E-state index in [1.807, 2.05) is 23.9 Å². The molecule has 1 saturated heterocycles. The summed E-state index contributed by atoms with van der Waals surface area (Å²) in [5.74, 6) is 2.71. The Morgan fingerprint density at radius 3 is 2.04 bits per heavy atom. The zero-order valence-electron chi connectivity index (χ0n) is 17.1. The van der Waals surface area contributed by atoms with Crippen LogP contribution in [0.25, 0.3) is 0 Å². The summed E-state index contributed by atoms with van der Waals surface area (Å²) in [4.78, 5) is 12.8. The average molecular weight is 379 g/mol. The van der Waals surface area contributed by atoms with Crippen molar-refractivity contribution in [3.63, 3.8) is 0 Å². The number of carbonyl (C=O) groups excluding carboxylic acids is 1. The highest BCUT2D eigenvalue weighted by Crippen LogP contribution is 2.40. The van der Waals surface area contributed by atoms with Crippen LogP contribution in [0.1, 0.15) is 82.3 Å². The fraction of sp³-hybridized carbons (Fsp3) is 0.682. The van der Waals surface area contributed by atoms with E-state index in [-0.39, 0.29) is 16.6 Å². The third-order valence-electron chi connectivity index (χ3n) is 4.90. The van der Waals surface area contributed by atoms with Gasteiger partial charge in [-0.25, -0.2) is 0 Å². The lowest BCUT2D eigenvalue weighted by Crippen LogP contribution is -2.21. The number of thioether (sulfide) groups is 1. The SMILES string of the molecule is CC(C)(C)c1cc(C(=O)CCOC2CCSCC2)cc(C(C)(C)C)c1O. The van der Waals surface area contributed by atoms with Gasteiger partial charge in [0, 0.05) is 23.1 Å². The van der Waals surface area contributed by atoms with Crippen molar-refractivity contribution in [1.82, 2.24) is 0 Å². The molecule has 1 heterocycles. The number of hydrogen-bond donors (Lipinski definition) is 1. The molecule has 1 N–H and O–H groups in total. The second-order valence-electron chi connectivity index (χ2n) is 9.28. The van der Waals surface area contributed by atoms with Gasteiger partial charge in [-0.1, -0.05) is 41.5 Å². The van der Waals surface area contributed by atoms with Crippen molar-refractivity contribution < 1.29 is 14.6 Å². The second-order valence-corrected chi connectivity index (χ2v) is 10.5. The summed E-state index contributed by atoms with van der Waals surface area (Å²) in [5.41, 5.74) is 1.89. The van der Waals surface area contributed by atoms with Crippen molar-refractivity contribution in [2.24, 2.45) is 0 Å². The number of phenols is 1. The van der Waals surface area contributed by atoms with E-state index in [9.17, 15) is 9.90 Å². The molecule has 1 aromatic rings. The Balaban J connectivity index is 2.17. The minimum atomic E-state index is -0.226. The summed E-state index contributed by atoms with van der Waals surface area (Å²) < 4.78 is 5.91. The monoisotopic (exact) mass is 378 g/mol. The van der Waals surface area contributed by atoms with Crippen LogP contribution in [0.3, 0.4) is 0 Å². The highest BCUT2D eigenvalue weighted by atomic mass is 32.2. The van der Waals surface area contributed by atoms with Gasteiger partial charge in [0.25, 0.3) is 0 Å². The largest absolute Gasteiger partial charge is 0.507 e. The highest BCUT2D eigenvalue weighted by Gasteiger charge is 2.27.